The third-order valence-corrected chi connectivity index (χ3v) is 14.6. The van der Waals surface area contributed by atoms with Crippen LogP contribution in [0.4, 0.5) is 0 Å². The first-order valence-electron chi connectivity index (χ1n) is 22.3. The van der Waals surface area contributed by atoms with Crippen molar-refractivity contribution in [3.63, 3.8) is 0 Å². The molecular weight excluding hydrogens is 765 g/mol. The minimum Gasteiger partial charge on any atom is -0.508 e. The molecule has 1 N–H and O–H groups in total. The van der Waals surface area contributed by atoms with E-state index in [2.05, 4.69) is 40.1 Å². The van der Waals surface area contributed by atoms with Crippen molar-refractivity contribution in [3.8, 4) is 11.5 Å². The number of rotatable bonds is 10. The highest BCUT2D eigenvalue weighted by Crippen LogP contribution is 2.59. The molecule has 1 saturated carbocycles. The zero-order valence-corrected chi connectivity index (χ0v) is 34.6. The largest absolute Gasteiger partial charge is 0.508 e. The van der Waals surface area contributed by atoms with Gasteiger partial charge >= 0.3 is 0 Å². The molecule has 0 spiro atoms. The maximum absolute atomic E-state index is 14.9. The molecule has 0 aromatic heterocycles. The molecule has 10 heteroatoms. The Morgan fingerprint density at radius 3 is 1.61 bits per heavy atom. The van der Waals surface area contributed by atoms with Crippen LogP contribution in [0, 0.1) is 29.6 Å². The van der Waals surface area contributed by atoms with Crippen LogP contribution in [-0.4, -0.2) is 86.6 Å². The van der Waals surface area contributed by atoms with Crippen molar-refractivity contribution in [2.24, 2.45) is 29.6 Å². The quantitative estimate of drug-likeness (QED) is 0.136. The summed E-state index contributed by atoms with van der Waals surface area (Å²) < 4.78 is 6.08. The third-order valence-electron chi connectivity index (χ3n) is 14.6. The van der Waals surface area contributed by atoms with Gasteiger partial charge in [-0.2, -0.15) is 0 Å². The fourth-order valence-electron chi connectivity index (χ4n) is 11.7. The van der Waals surface area contributed by atoms with Crippen LogP contribution >= 0.6 is 0 Å². The molecule has 5 fully saturated rings. The number of benzene rings is 4. The van der Waals surface area contributed by atoms with Gasteiger partial charge in [-0.25, -0.2) is 0 Å². The van der Waals surface area contributed by atoms with Crippen LogP contribution in [0.5, 0.6) is 11.5 Å². The van der Waals surface area contributed by atoms with Crippen LogP contribution < -0.4 is 4.74 Å². The van der Waals surface area contributed by atoms with Crippen LogP contribution in [0.2, 0.25) is 0 Å². The molecule has 4 saturated heterocycles. The fourth-order valence-corrected chi connectivity index (χ4v) is 11.7. The Morgan fingerprint density at radius 2 is 1.07 bits per heavy atom. The summed E-state index contributed by atoms with van der Waals surface area (Å²) in [5, 5.41) is 11.8. The molecule has 4 amide bonds. The number of hydrogen-bond donors (Lipinski definition) is 1. The van der Waals surface area contributed by atoms with Crippen LogP contribution in [0.15, 0.2) is 121 Å². The summed E-state index contributed by atoms with van der Waals surface area (Å²) in [5.41, 5.74) is 4.93. The van der Waals surface area contributed by atoms with Gasteiger partial charge in [0.15, 0.2) is 0 Å². The number of nitrogens with zero attached hydrogens (tertiary/aromatic N) is 4. The number of amides is 4. The van der Waals surface area contributed by atoms with E-state index in [4.69, 9.17) is 4.74 Å². The van der Waals surface area contributed by atoms with E-state index in [9.17, 15) is 24.3 Å². The van der Waals surface area contributed by atoms with Crippen LogP contribution in [0.25, 0.3) is 0 Å². The summed E-state index contributed by atoms with van der Waals surface area (Å²) in [6.45, 7) is 5.13. The number of carbonyl (C=O) groups excluding carboxylic acids is 4. The van der Waals surface area contributed by atoms with Gasteiger partial charge in [-0.1, -0.05) is 109 Å². The maximum atomic E-state index is 14.9. The van der Waals surface area contributed by atoms with Crippen LogP contribution in [0.1, 0.15) is 66.7 Å². The highest BCUT2D eigenvalue weighted by molar-refractivity contribution is 6.08. The van der Waals surface area contributed by atoms with Gasteiger partial charge < -0.3 is 9.84 Å². The van der Waals surface area contributed by atoms with E-state index in [1.165, 1.54) is 11.1 Å². The summed E-state index contributed by atoms with van der Waals surface area (Å²) in [7, 11) is 0. The van der Waals surface area contributed by atoms with E-state index in [0.717, 1.165) is 63.2 Å². The summed E-state index contributed by atoms with van der Waals surface area (Å²) >= 11 is 0. The predicted octanol–water partition coefficient (Wildman–Crippen LogP) is 6.94. The lowest BCUT2D eigenvalue weighted by atomic mass is 9.57. The Balaban J connectivity index is 0.917. The normalized spacial score (nSPS) is 27.5. The lowest BCUT2D eigenvalue weighted by Crippen LogP contribution is -2.48. The molecule has 2 aliphatic carbocycles. The highest BCUT2D eigenvalue weighted by atomic mass is 16.5. The van der Waals surface area contributed by atoms with Gasteiger partial charge in [-0.15, -0.1) is 0 Å². The van der Waals surface area contributed by atoms with E-state index in [0.29, 0.717) is 43.6 Å². The second kappa shape index (κ2) is 16.7. The Bertz CT molecular complexity index is 2300. The molecule has 6 unspecified atom stereocenters. The average molecular weight is 819 g/mol. The molecule has 4 aliphatic heterocycles. The molecule has 4 aromatic rings. The zero-order valence-electron chi connectivity index (χ0n) is 34.6. The second-order valence-corrected chi connectivity index (χ2v) is 18.1. The number of fused-ring (bicyclic) bond motifs is 4. The van der Waals surface area contributed by atoms with E-state index in [1.807, 2.05) is 78.9 Å². The molecule has 0 radical (unpaired) electrons. The topological polar surface area (TPSA) is 111 Å². The SMILES string of the molecule is O=C1C2CC=C3C(CC4C(=O)N(C5CCN(Cc6ccccc6)CC5)C(=O)C4C3c3ccc(OCc4ccccc4)cc3O)C2C(=O)N1C1CCN(Cc2ccccc2)CC1. The molecule has 10 rings (SSSR count). The summed E-state index contributed by atoms with van der Waals surface area (Å²) in [6.07, 6.45) is 5.63. The van der Waals surface area contributed by atoms with Crippen molar-refractivity contribution in [1.82, 2.24) is 19.6 Å². The first kappa shape index (κ1) is 39.5. The van der Waals surface area contributed by atoms with Gasteiger partial charge in [0.05, 0.1) is 23.7 Å². The predicted molar refractivity (Wildman–Crippen MR) is 230 cm³/mol. The maximum Gasteiger partial charge on any atom is 0.234 e. The molecule has 10 nitrogen and oxygen atoms in total. The van der Waals surface area contributed by atoms with Crippen molar-refractivity contribution in [1.29, 1.82) is 0 Å². The van der Waals surface area contributed by atoms with E-state index < -0.39 is 35.5 Å². The van der Waals surface area contributed by atoms with Crippen LogP contribution in [-0.2, 0) is 38.9 Å². The summed E-state index contributed by atoms with van der Waals surface area (Å²) in [5.74, 6) is -3.63. The molecule has 61 heavy (non-hydrogen) atoms. The first-order chi connectivity index (χ1) is 29.8. The number of carbonyl (C=O) groups is 4. The standard InChI is InChI=1S/C51H54N4O6/c56-44-28-38(61-32-35-14-8-3-9-15-35)16-17-40(44)45-39-18-19-41-46(50(59)54(48(41)57)36-20-24-52(25-21-36)30-33-10-4-1-5-11-33)42(39)29-43-47(45)51(60)55(49(43)58)37-22-26-53(27-23-37)31-34-12-6-2-7-13-34/h1-18,28,36-37,41-43,45-47,56H,19-27,29-32H2. The molecular formula is C51H54N4O6. The second-order valence-electron chi connectivity index (χ2n) is 18.1. The minimum atomic E-state index is -0.715. The van der Waals surface area contributed by atoms with E-state index in [1.54, 1.807) is 15.9 Å². The number of likely N-dealkylation sites (tertiary alicyclic amines) is 4. The van der Waals surface area contributed by atoms with Crippen LogP contribution in [0.3, 0.4) is 0 Å². The molecule has 4 heterocycles. The van der Waals surface area contributed by atoms with Crippen molar-refractivity contribution in [3.05, 3.63) is 143 Å². The number of ether oxygens (including phenoxy) is 1. The fraction of sp³-hybridized carbons (Fsp3) is 0.412. The number of hydrogen-bond acceptors (Lipinski definition) is 8. The average Bonchev–Trinajstić information content (AvgIpc) is 3.70. The molecule has 0 bridgehead atoms. The lowest BCUT2D eigenvalue weighted by molar-refractivity contribution is -0.146. The van der Waals surface area contributed by atoms with Gasteiger partial charge in [0.1, 0.15) is 18.1 Å². The van der Waals surface area contributed by atoms with Crippen molar-refractivity contribution in [2.45, 2.75) is 76.2 Å². The van der Waals surface area contributed by atoms with Gasteiger partial charge in [0.25, 0.3) is 0 Å². The Hall–Kier alpha value is -5.58. The van der Waals surface area contributed by atoms with Gasteiger partial charge in [-0.3, -0.25) is 38.8 Å². The molecule has 6 aliphatic rings. The lowest BCUT2D eigenvalue weighted by Gasteiger charge is -2.44. The smallest absolute Gasteiger partial charge is 0.234 e. The molecule has 6 atom stereocenters. The third kappa shape index (κ3) is 7.48. The number of imide groups is 2. The Labute approximate surface area is 357 Å². The van der Waals surface area contributed by atoms with E-state index in [-0.39, 0.29) is 41.5 Å². The monoisotopic (exact) mass is 818 g/mol. The highest BCUT2D eigenvalue weighted by Gasteiger charge is 2.63. The number of phenols is 1. The number of piperidine rings is 2. The number of phenolic OH excluding ortho intramolecular Hbond substituents is 1. The van der Waals surface area contributed by atoms with Crippen molar-refractivity contribution in [2.75, 3.05) is 26.2 Å². The van der Waals surface area contributed by atoms with Gasteiger partial charge in [-0.05, 0) is 67.2 Å². The first-order valence-corrected chi connectivity index (χ1v) is 22.3. The minimum absolute atomic E-state index is 0.0105. The molecule has 314 valence electrons. The zero-order chi connectivity index (χ0) is 41.6. The molecule has 4 aromatic carbocycles. The van der Waals surface area contributed by atoms with Crippen molar-refractivity contribution >= 4 is 23.6 Å². The van der Waals surface area contributed by atoms with Gasteiger partial charge in [0, 0.05) is 68.9 Å². The Kier molecular flexibility index (Phi) is 10.8. The van der Waals surface area contributed by atoms with E-state index >= 15 is 0 Å². The summed E-state index contributed by atoms with van der Waals surface area (Å²) in [6, 6.07) is 35.4. The van der Waals surface area contributed by atoms with Crippen molar-refractivity contribution < 1.29 is 29.0 Å². The van der Waals surface area contributed by atoms with Gasteiger partial charge in [0.2, 0.25) is 23.6 Å². The summed E-state index contributed by atoms with van der Waals surface area (Å²) in [4.78, 5) is 66.7. The number of aromatic hydroxyl groups is 1. The number of allylic oxidation sites excluding steroid dienone is 2. The Morgan fingerprint density at radius 1 is 0.557 bits per heavy atom.